The summed E-state index contributed by atoms with van der Waals surface area (Å²) in [5.41, 5.74) is -0.582. The predicted octanol–water partition coefficient (Wildman–Crippen LogP) is 2.18. The zero-order valence-corrected chi connectivity index (χ0v) is 13.4. The van der Waals surface area contributed by atoms with Crippen molar-refractivity contribution in [1.29, 1.82) is 0 Å². The molecule has 1 N–H and O–H groups in total. The van der Waals surface area contributed by atoms with E-state index in [0.29, 0.717) is 12.1 Å². The van der Waals surface area contributed by atoms with Crippen LogP contribution in [0, 0.1) is 5.92 Å². The zero-order chi connectivity index (χ0) is 14.8. The highest BCUT2D eigenvalue weighted by Gasteiger charge is 2.41. The SMILES string of the molecule is COC(=O)C(C)(CN(C)C1CCCCC1C)NC1CC1. The van der Waals surface area contributed by atoms with Gasteiger partial charge < -0.3 is 9.64 Å². The highest BCUT2D eigenvalue weighted by molar-refractivity contribution is 5.80. The molecule has 0 amide bonds. The molecular formula is C16H30N2O2. The normalized spacial score (nSPS) is 30.1. The van der Waals surface area contributed by atoms with Gasteiger partial charge in [-0.15, -0.1) is 0 Å². The third-order valence-corrected chi connectivity index (χ3v) is 4.93. The van der Waals surface area contributed by atoms with Gasteiger partial charge in [0, 0.05) is 18.6 Å². The van der Waals surface area contributed by atoms with E-state index in [1.165, 1.54) is 45.6 Å². The second-order valence-electron chi connectivity index (χ2n) is 6.99. The summed E-state index contributed by atoms with van der Waals surface area (Å²) in [4.78, 5) is 14.6. The van der Waals surface area contributed by atoms with Crippen molar-refractivity contribution in [2.24, 2.45) is 5.92 Å². The van der Waals surface area contributed by atoms with Gasteiger partial charge in [-0.05, 0) is 45.6 Å². The van der Waals surface area contributed by atoms with Gasteiger partial charge in [-0.25, -0.2) is 0 Å². The van der Waals surface area contributed by atoms with Crippen LogP contribution in [0.5, 0.6) is 0 Å². The molecule has 0 radical (unpaired) electrons. The lowest BCUT2D eigenvalue weighted by Gasteiger charge is -2.40. The van der Waals surface area contributed by atoms with E-state index >= 15 is 0 Å². The van der Waals surface area contributed by atoms with Crippen molar-refractivity contribution in [2.45, 2.75) is 70.0 Å². The van der Waals surface area contributed by atoms with Crippen LogP contribution in [0.1, 0.15) is 52.4 Å². The van der Waals surface area contributed by atoms with Gasteiger partial charge in [-0.2, -0.15) is 0 Å². The van der Waals surface area contributed by atoms with Crippen LogP contribution in [0.25, 0.3) is 0 Å². The Balaban J connectivity index is 2.00. The highest BCUT2D eigenvalue weighted by atomic mass is 16.5. The third-order valence-electron chi connectivity index (χ3n) is 4.93. The molecule has 4 heteroatoms. The predicted molar refractivity (Wildman–Crippen MR) is 80.6 cm³/mol. The smallest absolute Gasteiger partial charge is 0.327 e. The van der Waals surface area contributed by atoms with Crippen LogP contribution in [-0.4, -0.2) is 49.2 Å². The number of hydrogen-bond donors (Lipinski definition) is 1. The van der Waals surface area contributed by atoms with Gasteiger partial charge in [0.05, 0.1) is 7.11 Å². The van der Waals surface area contributed by atoms with Crippen molar-refractivity contribution in [3.8, 4) is 0 Å². The number of ether oxygens (including phenoxy) is 1. The molecule has 0 aromatic rings. The molecule has 2 saturated carbocycles. The Labute approximate surface area is 123 Å². The summed E-state index contributed by atoms with van der Waals surface area (Å²) >= 11 is 0. The molecule has 0 heterocycles. The molecule has 2 rings (SSSR count). The van der Waals surface area contributed by atoms with Crippen LogP contribution in [-0.2, 0) is 9.53 Å². The monoisotopic (exact) mass is 282 g/mol. The van der Waals surface area contributed by atoms with Crippen LogP contribution >= 0.6 is 0 Å². The molecule has 3 unspecified atom stereocenters. The Morgan fingerprint density at radius 3 is 2.50 bits per heavy atom. The van der Waals surface area contributed by atoms with Crippen molar-refractivity contribution in [3.05, 3.63) is 0 Å². The van der Waals surface area contributed by atoms with Crippen molar-refractivity contribution >= 4 is 5.97 Å². The second kappa shape index (κ2) is 6.44. The minimum atomic E-state index is -0.582. The number of esters is 1. The fraction of sp³-hybridized carbons (Fsp3) is 0.938. The molecule has 0 aliphatic heterocycles. The van der Waals surface area contributed by atoms with Crippen molar-refractivity contribution in [1.82, 2.24) is 10.2 Å². The molecule has 2 aliphatic carbocycles. The Morgan fingerprint density at radius 2 is 1.95 bits per heavy atom. The molecule has 4 nitrogen and oxygen atoms in total. The van der Waals surface area contributed by atoms with E-state index in [1.807, 2.05) is 6.92 Å². The first kappa shape index (κ1) is 15.8. The Kier molecular flexibility index (Phi) is 5.08. The number of rotatable bonds is 6. The Hall–Kier alpha value is -0.610. The number of hydrogen-bond acceptors (Lipinski definition) is 4. The largest absolute Gasteiger partial charge is 0.468 e. The van der Waals surface area contributed by atoms with E-state index in [-0.39, 0.29) is 5.97 Å². The Morgan fingerprint density at radius 1 is 1.30 bits per heavy atom. The molecule has 2 fully saturated rings. The number of nitrogens with zero attached hydrogens (tertiary/aromatic N) is 1. The van der Waals surface area contributed by atoms with Crippen molar-refractivity contribution in [3.63, 3.8) is 0 Å². The topological polar surface area (TPSA) is 41.6 Å². The first-order chi connectivity index (χ1) is 9.46. The molecule has 0 aromatic heterocycles. The molecule has 0 saturated heterocycles. The molecule has 20 heavy (non-hydrogen) atoms. The lowest BCUT2D eigenvalue weighted by Crippen LogP contribution is -2.59. The average Bonchev–Trinajstić information content (AvgIpc) is 3.21. The number of likely N-dealkylation sites (N-methyl/N-ethyl adjacent to an activating group) is 1. The maximum Gasteiger partial charge on any atom is 0.327 e. The average molecular weight is 282 g/mol. The molecule has 0 bridgehead atoms. The summed E-state index contributed by atoms with van der Waals surface area (Å²) in [6, 6.07) is 1.09. The quantitative estimate of drug-likeness (QED) is 0.758. The van der Waals surface area contributed by atoms with Crippen molar-refractivity contribution < 1.29 is 9.53 Å². The van der Waals surface area contributed by atoms with Crippen LogP contribution < -0.4 is 5.32 Å². The van der Waals surface area contributed by atoms with Crippen LogP contribution in [0.2, 0.25) is 0 Å². The van der Waals surface area contributed by atoms with Gasteiger partial charge in [0.1, 0.15) is 5.54 Å². The van der Waals surface area contributed by atoms with Crippen molar-refractivity contribution in [2.75, 3.05) is 20.7 Å². The van der Waals surface area contributed by atoms with Crippen LogP contribution in [0.3, 0.4) is 0 Å². The first-order valence-corrected chi connectivity index (χ1v) is 8.02. The summed E-state index contributed by atoms with van der Waals surface area (Å²) in [6.45, 7) is 5.05. The minimum absolute atomic E-state index is 0.139. The number of methoxy groups -OCH3 is 1. The first-order valence-electron chi connectivity index (χ1n) is 8.02. The summed E-state index contributed by atoms with van der Waals surface area (Å²) in [5, 5.41) is 3.49. The maximum absolute atomic E-state index is 12.2. The van der Waals surface area contributed by atoms with Gasteiger partial charge in [-0.3, -0.25) is 10.1 Å². The molecule has 0 spiro atoms. The fourth-order valence-electron chi connectivity index (χ4n) is 3.64. The van der Waals surface area contributed by atoms with Crippen LogP contribution in [0.15, 0.2) is 0 Å². The molecule has 0 aromatic carbocycles. The zero-order valence-electron chi connectivity index (χ0n) is 13.4. The van der Waals surface area contributed by atoms with E-state index in [0.717, 1.165) is 12.5 Å². The maximum atomic E-state index is 12.2. The van der Waals surface area contributed by atoms with Gasteiger partial charge in [-0.1, -0.05) is 19.8 Å². The summed E-state index contributed by atoms with van der Waals surface area (Å²) in [5.74, 6) is 0.580. The minimum Gasteiger partial charge on any atom is -0.468 e. The van der Waals surface area contributed by atoms with Gasteiger partial charge in [0.15, 0.2) is 0 Å². The van der Waals surface area contributed by atoms with Crippen LogP contribution in [0.4, 0.5) is 0 Å². The van der Waals surface area contributed by atoms with Gasteiger partial charge in [0.25, 0.3) is 0 Å². The molecule has 3 atom stereocenters. The van der Waals surface area contributed by atoms with E-state index in [9.17, 15) is 4.79 Å². The number of nitrogens with one attached hydrogen (secondary N) is 1. The van der Waals surface area contributed by atoms with Gasteiger partial charge >= 0.3 is 5.97 Å². The number of carbonyl (C=O) groups excluding carboxylic acids is 1. The summed E-state index contributed by atoms with van der Waals surface area (Å²) in [7, 11) is 3.64. The fourth-order valence-corrected chi connectivity index (χ4v) is 3.64. The number of carbonyl (C=O) groups is 1. The van der Waals surface area contributed by atoms with E-state index < -0.39 is 5.54 Å². The standard InChI is InChI=1S/C16H30N2O2/c1-12-7-5-6-8-14(12)18(3)11-16(2,15(19)20-4)17-13-9-10-13/h12-14,17H,5-11H2,1-4H3. The van der Waals surface area contributed by atoms with E-state index in [2.05, 4.69) is 24.2 Å². The second-order valence-corrected chi connectivity index (χ2v) is 6.99. The van der Waals surface area contributed by atoms with E-state index in [1.54, 1.807) is 0 Å². The molecule has 2 aliphatic rings. The van der Waals surface area contributed by atoms with E-state index in [4.69, 9.17) is 4.74 Å². The highest BCUT2D eigenvalue weighted by Crippen LogP contribution is 2.29. The Bertz CT molecular complexity index is 343. The lowest BCUT2D eigenvalue weighted by atomic mass is 9.84. The lowest BCUT2D eigenvalue weighted by molar-refractivity contribution is -0.149. The molecule has 116 valence electrons. The van der Waals surface area contributed by atoms with Gasteiger partial charge in [0.2, 0.25) is 0 Å². The summed E-state index contributed by atoms with van der Waals surface area (Å²) in [6.07, 6.45) is 7.56. The molecular weight excluding hydrogens is 252 g/mol. The summed E-state index contributed by atoms with van der Waals surface area (Å²) < 4.78 is 5.03. The third kappa shape index (κ3) is 3.73.